The third-order valence-corrected chi connectivity index (χ3v) is 2.46. The summed E-state index contributed by atoms with van der Waals surface area (Å²) in [7, 11) is 1.93. The minimum atomic E-state index is 0.778. The van der Waals surface area contributed by atoms with Gasteiger partial charge in [0.05, 0.1) is 11.9 Å². The third kappa shape index (κ3) is 2.21. The number of aryl methyl sites for hydroxylation is 1. The van der Waals surface area contributed by atoms with Crippen LogP contribution >= 0.6 is 0 Å². The van der Waals surface area contributed by atoms with Crippen LogP contribution in [0.1, 0.15) is 6.42 Å². The van der Waals surface area contributed by atoms with Gasteiger partial charge in [0.1, 0.15) is 0 Å². The third-order valence-electron chi connectivity index (χ3n) is 2.46. The lowest BCUT2D eigenvalue weighted by Gasteiger charge is -2.08. The lowest BCUT2D eigenvalue weighted by molar-refractivity contribution is 0.615. The molecule has 1 atom stereocenters. The second kappa shape index (κ2) is 3.79. The smallest absolute Gasteiger partial charge is 0.0726 e. The number of nitrogens with one attached hydrogen (secondary N) is 2. The number of hydrogen-bond acceptors (Lipinski definition) is 3. The average molecular weight is 180 g/mol. The van der Waals surface area contributed by atoms with Crippen LogP contribution in [0.3, 0.4) is 0 Å². The molecule has 2 heterocycles. The lowest BCUT2D eigenvalue weighted by Crippen LogP contribution is -2.16. The van der Waals surface area contributed by atoms with Gasteiger partial charge in [-0.15, -0.1) is 0 Å². The molecule has 1 saturated heterocycles. The van der Waals surface area contributed by atoms with Crippen LogP contribution in [0.5, 0.6) is 0 Å². The van der Waals surface area contributed by atoms with E-state index in [1.54, 1.807) is 0 Å². The second-order valence-electron chi connectivity index (χ2n) is 3.64. The van der Waals surface area contributed by atoms with Gasteiger partial charge in [-0.1, -0.05) is 0 Å². The molecule has 1 aromatic rings. The summed E-state index contributed by atoms with van der Waals surface area (Å²) in [6, 6.07) is 0. The van der Waals surface area contributed by atoms with Gasteiger partial charge in [-0.05, 0) is 25.4 Å². The van der Waals surface area contributed by atoms with Crippen molar-refractivity contribution in [3.63, 3.8) is 0 Å². The van der Waals surface area contributed by atoms with Gasteiger partial charge in [0.25, 0.3) is 0 Å². The highest BCUT2D eigenvalue weighted by atomic mass is 15.3. The number of rotatable bonds is 3. The largest absolute Gasteiger partial charge is 0.382 e. The van der Waals surface area contributed by atoms with Crippen LogP contribution in [-0.2, 0) is 7.05 Å². The molecular formula is C9H16N4. The Bertz CT molecular complexity index is 262. The van der Waals surface area contributed by atoms with E-state index in [0.29, 0.717) is 0 Å². The summed E-state index contributed by atoms with van der Waals surface area (Å²) in [6.45, 7) is 3.37. The van der Waals surface area contributed by atoms with Crippen molar-refractivity contribution < 1.29 is 0 Å². The van der Waals surface area contributed by atoms with E-state index in [9.17, 15) is 0 Å². The first kappa shape index (κ1) is 8.56. The van der Waals surface area contributed by atoms with Crippen LogP contribution in [0.25, 0.3) is 0 Å². The van der Waals surface area contributed by atoms with E-state index in [4.69, 9.17) is 0 Å². The fraction of sp³-hybridized carbons (Fsp3) is 0.667. The molecule has 1 aromatic heterocycles. The molecule has 0 spiro atoms. The van der Waals surface area contributed by atoms with Crippen LogP contribution in [-0.4, -0.2) is 29.4 Å². The second-order valence-corrected chi connectivity index (χ2v) is 3.64. The summed E-state index contributed by atoms with van der Waals surface area (Å²) >= 11 is 0. The molecule has 0 radical (unpaired) electrons. The zero-order chi connectivity index (χ0) is 9.10. The van der Waals surface area contributed by atoms with E-state index < -0.39 is 0 Å². The first-order chi connectivity index (χ1) is 6.34. The topological polar surface area (TPSA) is 41.9 Å². The van der Waals surface area contributed by atoms with Crippen molar-refractivity contribution in [2.24, 2.45) is 13.0 Å². The highest BCUT2D eigenvalue weighted by Gasteiger charge is 2.13. The number of anilines is 1. The monoisotopic (exact) mass is 180 g/mol. The molecule has 2 rings (SSSR count). The van der Waals surface area contributed by atoms with Gasteiger partial charge in [-0.3, -0.25) is 4.68 Å². The summed E-state index contributed by atoms with van der Waals surface area (Å²) in [5, 5.41) is 10.8. The molecule has 1 fully saturated rings. The van der Waals surface area contributed by atoms with E-state index in [1.165, 1.54) is 13.0 Å². The van der Waals surface area contributed by atoms with Crippen LogP contribution in [0.4, 0.5) is 5.69 Å². The molecule has 0 aromatic carbocycles. The first-order valence-electron chi connectivity index (χ1n) is 4.78. The summed E-state index contributed by atoms with van der Waals surface area (Å²) in [5.41, 5.74) is 1.12. The van der Waals surface area contributed by atoms with E-state index in [1.807, 2.05) is 24.1 Å². The van der Waals surface area contributed by atoms with Crippen molar-refractivity contribution in [2.75, 3.05) is 25.0 Å². The van der Waals surface area contributed by atoms with Crippen LogP contribution < -0.4 is 10.6 Å². The average Bonchev–Trinajstić information content (AvgIpc) is 2.71. The van der Waals surface area contributed by atoms with Gasteiger partial charge < -0.3 is 10.6 Å². The van der Waals surface area contributed by atoms with Gasteiger partial charge in [0.2, 0.25) is 0 Å². The predicted molar refractivity (Wildman–Crippen MR) is 52.7 cm³/mol. The van der Waals surface area contributed by atoms with Crippen molar-refractivity contribution in [3.8, 4) is 0 Å². The molecule has 72 valence electrons. The van der Waals surface area contributed by atoms with E-state index in [2.05, 4.69) is 15.7 Å². The van der Waals surface area contributed by atoms with Gasteiger partial charge in [-0.25, -0.2) is 0 Å². The fourth-order valence-electron chi connectivity index (χ4n) is 1.66. The lowest BCUT2D eigenvalue weighted by atomic mass is 10.1. The first-order valence-corrected chi connectivity index (χ1v) is 4.78. The Hall–Kier alpha value is -1.03. The molecule has 0 amide bonds. The molecule has 0 aliphatic carbocycles. The zero-order valence-corrected chi connectivity index (χ0v) is 7.95. The van der Waals surface area contributed by atoms with Gasteiger partial charge in [0, 0.05) is 19.8 Å². The van der Waals surface area contributed by atoms with Gasteiger partial charge >= 0.3 is 0 Å². The number of aromatic nitrogens is 2. The van der Waals surface area contributed by atoms with E-state index in [-0.39, 0.29) is 0 Å². The molecule has 0 saturated carbocycles. The normalized spacial score (nSPS) is 22.1. The molecular weight excluding hydrogens is 164 g/mol. The molecule has 4 heteroatoms. The Morgan fingerprint density at radius 3 is 3.31 bits per heavy atom. The van der Waals surface area contributed by atoms with Crippen LogP contribution in [0.15, 0.2) is 12.4 Å². The highest BCUT2D eigenvalue weighted by molar-refractivity contribution is 5.37. The Labute approximate surface area is 78.3 Å². The molecule has 2 N–H and O–H groups in total. The summed E-state index contributed by atoms with van der Waals surface area (Å²) in [4.78, 5) is 0. The quantitative estimate of drug-likeness (QED) is 0.709. The zero-order valence-electron chi connectivity index (χ0n) is 7.95. The maximum Gasteiger partial charge on any atom is 0.0726 e. The number of hydrogen-bond donors (Lipinski definition) is 2. The summed E-state index contributed by atoms with van der Waals surface area (Å²) in [5.74, 6) is 0.778. The summed E-state index contributed by atoms with van der Waals surface area (Å²) in [6.07, 6.45) is 5.15. The Kier molecular flexibility index (Phi) is 2.49. The van der Waals surface area contributed by atoms with Crippen molar-refractivity contribution >= 4 is 5.69 Å². The van der Waals surface area contributed by atoms with Crippen molar-refractivity contribution in [2.45, 2.75) is 6.42 Å². The molecule has 1 aliphatic rings. The SMILES string of the molecule is Cn1cc(NCC2CCNC2)cn1. The van der Waals surface area contributed by atoms with Crippen molar-refractivity contribution in [3.05, 3.63) is 12.4 Å². The van der Waals surface area contributed by atoms with Crippen LogP contribution in [0.2, 0.25) is 0 Å². The van der Waals surface area contributed by atoms with E-state index in [0.717, 1.165) is 24.7 Å². The number of nitrogens with zero attached hydrogens (tertiary/aromatic N) is 2. The minimum absolute atomic E-state index is 0.778. The summed E-state index contributed by atoms with van der Waals surface area (Å²) < 4.78 is 1.81. The van der Waals surface area contributed by atoms with Gasteiger partial charge in [-0.2, -0.15) is 5.10 Å². The minimum Gasteiger partial charge on any atom is -0.382 e. The standard InChI is InChI=1S/C9H16N4/c1-13-7-9(6-12-13)11-5-8-2-3-10-4-8/h6-8,10-11H,2-5H2,1H3. The predicted octanol–water partition coefficient (Wildman–Crippen LogP) is 0.441. The Morgan fingerprint density at radius 2 is 2.69 bits per heavy atom. The molecule has 1 unspecified atom stereocenters. The van der Waals surface area contributed by atoms with Crippen LogP contribution in [0, 0.1) is 5.92 Å². The highest BCUT2D eigenvalue weighted by Crippen LogP contribution is 2.10. The maximum absolute atomic E-state index is 4.10. The molecule has 1 aliphatic heterocycles. The van der Waals surface area contributed by atoms with E-state index >= 15 is 0 Å². The van der Waals surface area contributed by atoms with Gasteiger partial charge in [0.15, 0.2) is 0 Å². The Balaban J connectivity index is 1.78. The van der Waals surface area contributed by atoms with Crippen molar-refractivity contribution in [1.82, 2.24) is 15.1 Å². The molecule has 0 bridgehead atoms. The molecule has 13 heavy (non-hydrogen) atoms. The maximum atomic E-state index is 4.10. The molecule has 4 nitrogen and oxygen atoms in total. The Morgan fingerprint density at radius 1 is 1.77 bits per heavy atom. The van der Waals surface area contributed by atoms with Crippen molar-refractivity contribution in [1.29, 1.82) is 0 Å². The fourth-order valence-corrected chi connectivity index (χ4v) is 1.66.